The van der Waals surface area contributed by atoms with Crippen LogP contribution in [0.15, 0.2) is 12.1 Å². The fourth-order valence-corrected chi connectivity index (χ4v) is 4.84. The van der Waals surface area contributed by atoms with E-state index in [-0.39, 0.29) is 6.04 Å². The van der Waals surface area contributed by atoms with E-state index in [4.69, 9.17) is 46.4 Å². The van der Waals surface area contributed by atoms with Crippen LogP contribution in [0, 0.1) is 0 Å². The molecule has 0 aliphatic heterocycles. The van der Waals surface area contributed by atoms with Gasteiger partial charge in [0.25, 0.3) is 0 Å². The molecule has 0 unspecified atom stereocenters. The van der Waals surface area contributed by atoms with Crippen LogP contribution in [0.2, 0.25) is 17.3 Å². The zero-order valence-corrected chi connectivity index (χ0v) is 14.6. The third-order valence-electron chi connectivity index (χ3n) is 2.59. The molecular weight excluding hydrogens is 364 g/mol. The number of nitrogens with one attached hydrogen (secondary N) is 1. The fourth-order valence-electron chi connectivity index (χ4n) is 1.78. The van der Waals surface area contributed by atoms with E-state index in [1.807, 2.05) is 12.1 Å². The van der Waals surface area contributed by atoms with Crippen molar-refractivity contribution in [2.45, 2.75) is 19.4 Å². The second-order valence-corrected chi connectivity index (χ2v) is 8.52. The minimum absolute atomic E-state index is 0.0764. The van der Waals surface area contributed by atoms with E-state index in [1.165, 1.54) is 22.7 Å². The van der Waals surface area contributed by atoms with E-state index >= 15 is 0 Å². The molecule has 0 amide bonds. The highest BCUT2D eigenvalue weighted by molar-refractivity contribution is 7.20. The van der Waals surface area contributed by atoms with Crippen LogP contribution in [0.5, 0.6) is 0 Å². The third-order valence-corrected chi connectivity index (χ3v) is 5.62. The van der Waals surface area contributed by atoms with Gasteiger partial charge in [-0.1, -0.05) is 53.3 Å². The van der Waals surface area contributed by atoms with Gasteiger partial charge in [0.2, 0.25) is 0 Å². The Bertz CT molecular complexity index is 518. The van der Waals surface area contributed by atoms with Crippen LogP contribution in [0.3, 0.4) is 0 Å². The molecule has 1 nitrogen and oxygen atoms in total. The summed E-state index contributed by atoms with van der Waals surface area (Å²) in [7, 11) is 0. The lowest BCUT2D eigenvalue weighted by atomic mass is 10.0. The van der Waals surface area contributed by atoms with Crippen molar-refractivity contribution in [2.24, 2.45) is 0 Å². The second-order valence-electron chi connectivity index (χ2n) is 3.95. The molecule has 2 rings (SSSR count). The zero-order valence-electron chi connectivity index (χ0n) is 9.97. The number of rotatable bonds is 5. The molecule has 0 atom stereocenters. The lowest BCUT2D eigenvalue weighted by Gasteiger charge is -2.17. The molecule has 7 heteroatoms. The van der Waals surface area contributed by atoms with Crippen molar-refractivity contribution >= 4 is 69.1 Å². The van der Waals surface area contributed by atoms with E-state index in [2.05, 4.69) is 12.2 Å². The molecular formula is C12H11Cl4NS2. The summed E-state index contributed by atoms with van der Waals surface area (Å²) in [5, 5.41) is 3.44. The number of halogens is 4. The first kappa shape index (κ1) is 15.9. The molecule has 0 spiro atoms. The highest BCUT2D eigenvalue weighted by atomic mass is 35.5. The molecule has 2 aromatic heterocycles. The monoisotopic (exact) mass is 373 g/mol. The minimum atomic E-state index is -0.0764. The van der Waals surface area contributed by atoms with Gasteiger partial charge in [0.15, 0.2) is 0 Å². The minimum Gasteiger partial charge on any atom is -0.306 e. The van der Waals surface area contributed by atoms with Gasteiger partial charge in [0, 0.05) is 11.1 Å². The van der Waals surface area contributed by atoms with Gasteiger partial charge >= 0.3 is 0 Å². The average molecular weight is 375 g/mol. The summed E-state index contributed by atoms with van der Waals surface area (Å²) in [6.45, 7) is 2.97. The van der Waals surface area contributed by atoms with Gasteiger partial charge in [-0.2, -0.15) is 0 Å². The molecule has 2 aromatic rings. The molecule has 104 valence electrons. The summed E-state index contributed by atoms with van der Waals surface area (Å²) in [5.41, 5.74) is 1.89. The van der Waals surface area contributed by atoms with Crippen molar-refractivity contribution in [1.29, 1.82) is 0 Å². The van der Waals surface area contributed by atoms with Crippen LogP contribution in [0.25, 0.3) is 0 Å². The summed E-state index contributed by atoms with van der Waals surface area (Å²) in [6.07, 6.45) is 1.02. The van der Waals surface area contributed by atoms with Crippen LogP contribution >= 0.6 is 69.1 Å². The Labute approximate surface area is 140 Å². The quantitative estimate of drug-likeness (QED) is 0.628. The normalized spacial score (nSPS) is 11.5. The maximum Gasteiger partial charge on any atom is 0.0995 e. The maximum atomic E-state index is 6.25. The van der Waals surface area contributed by atoms with E-state index in [0.717, 1.165) is 24.1 Å². The standard InChI is InChI=1S/C12H11Cl4NS2/c1-2-3-17-10(6-4-8(13)18-11(6)15)7-5-9(14)19-12(7)16/h4-5,10,17H,2-3H2,1H3. The summed E-state index contributed by atoms with van der Waals surface area (Å²) in [4.78, 5) is 0. The summed E-state index contributed by atoms with van der Waals surface area (Å²) in [5.74, 6) is 0. The molecule has 0 aromatic carbocycles. The van der Waals surface area contributed by atoms with Crippen LogP contribution in [-0.4, -0.2) is 6.54 Å². The lowest BCUT2D eigenvalue weighted by molar-refractivity contribution is 0.601. The van der Waals surface area contributed by atoms with Crippen LogP contribution in [0.1, 0.15) is 30.5 Å². The van der Waals surface area contributed by atoms with Crippen molar-refractivity contribution in [3.63, 3.8) is 0 Å². The molecule has 1 N–H and O–H groups in total. The topological polar surface area (TPSA) is 12.0 Å². The first-order chi connectivity index (χ1) is 9.02. The predicted octanol–water partition coefficient (Wildman–Crippen LogP) is 6.51. The number of hydrogen-bond donors (Lipinski definition) is 1. The van der Waals surface area contributed by atoms with Gasteiger partial charge in [-0.15, -0.1) is 22.7 Å². The fraction of sp³-hybridized carbons (Fsp3) is 0.333. The number of hydrogen-bond acceptors (Lipinski definition) is 3. The van der Waals surface area contributed by atoms with Crippen LogP contribution < -0.4 is 5.32 Å². The van der Waals surface area contributed by atoms with Gasteiger partial charge in [-0.3, -0.25) is 0 Å². The molecule has 2 heterocycles. The van der Waals surface area contributed by atoms with Gasteiger partial charge in [0.1, 0.15) is 0 Å². The molecule has 0 fully saturated rings. The SMILES string of the molecule is CCCNC(c1cc(Cl)sc1Cl)c1cc(Cl)sc1Cl. The van der Waals surface area contributed by atoms with Gasteiger partial charge in [0.05, 0.1) is 23.4 Å². The Morgan fingerprint density at radius 3 is 1.79 bits per heavy atom. The summed E-state index contributed by atoms with van der Waals surface area (Å²) in [6, 6.07) is 3.68. The maximum absolute atomic E-state index is 6.25. The van der Waals surface area contributed by atoms with Crippen molar-refractivity contribution in [3.05, 3.63) is 40.6 Å². The zero-order chi connectivity index (χ0) is 14.0. The second kappa shape index (κ2) is 6.99. The molecule has 0 aliphatic carbocycles. The van der Waals surface area contributed by atoms with E-state index in [0.29, 0.717) is 17.3 Å². The smallest absolute Gasteiger partial charge is 0.0995 e. The predicted molar refractivity (Wildman–Crippen MR) is 88.8 cm³/mol. The highest BCUT2D eigenvalue weighted by Crippen LogP contribution is 2.42. The third kappa shape index (κ3) is 3.79. The van der Waals surface area contributed by atoms with Gasteiger partial charge in [-0.25, -0.2) is 0 Å². The molecule has 0 aliphatic rings. The van der Waals surface area contributed by atoms with E-state index in [1.54, 1.807) is 0 Å². The Morgan fingerprint density at radius 1 is 1.00 bits per heavy atom. The first-order valence-corrected chi connectivity index (χ1v) is 8.80. The van der Waals surface area contributed by atoms with E-state index < -0.39 is 0 Å². The largest absolute Gasteiger partial charge is 0.306 e. The molecule has 0 saturated carbocycles. The van der Waals surface area contributed by atoms with Crippen molar-refractivity contribution in [3.8, 4) is 0 Å². The summed E-state index contributed by atoms with van der Waals surface area (Å²) < 4.78 is 2.69. The van der Waals surface area contributed by atoms with Gasteiger partial charge < -0.3 is 5.32 Å². The lowest BCUT2D eigenvalue weighted by Crippen LogP contribution is -2.22. The molecule has 19 heavy (non-hydrogen) atoms. The molecule has 0 radical (unpaired) electrons. The highest BCUT2D eigenvalue weighted by Gasteiger charge is 2.23. The summed E-state index contributed by atoms with van der Waals surface area (Å²) >= 11 is 27.3. The van der Waals surface area contributed by atoms with E-state index in [9.17, 15) is 0 Å². The average Bonchev–Trinajstić information content (AvgIpc) is 2.83. The Hall–Kier alpha value is 0.520. The molecule has 0 bridgehead atoms. The molecule has 0 saturated heterocycles. The van der Waals surface area contributed by atoms with Crippen molar-refractivity contribution < 1.29 is 0 Å². The Morgan fingerprint density at radius 2 is 1.47 bits per heavy atom. The number of thiophene rings is 2. The first-order valence-electron chi connectivity index (χ1n) is 5.65. The Kier molecular flexibility index (Phi) is 5.85. The van der Waals surface area contributed by atoms with Gasteiger partial charge in [-0.05, 0) is 25.1 Å². The van der Waals surface area contributed by atoms with Crippen LogP contribution in [0.4, 0.5) is 0 Å². The Balaban J connectivity index is 2.41. The van der Waals surface area contributed by atoms with Crippen molar-refractivity contribution in [1.82, 2.24) is 5.32 Å². The van der Waals surface area contributed by atoms with Crippen molar-refractivity contribution in [2.75, 3.05) is 6.54 Å². The van der Waals surface area contributed by atoms with Crippen LogP contribution in [-0.2, 0) is 0 Å².